The zero-order valence-electron chi connectivity index (χ0n) is 17.2. The van der Waals surface area contributed by atoms with Gasteiger partial charge in [-0.25, -0.2) is 9.48 Å². The van der Waals surface area contributed by atoms with Gasteiger partial charge in [-0.1, -0.05) is 17.7 Å². The second-order valence-electron chi connectivity index (χ2n) is 7.34. The zero-order valence-corrected chi connectivity index (χ0v) is 18.0. The molecule has 5 aromatic rings. The van der Waals surface area contributed by atoms with Crippen LogP contribution in [0.5, 0.6) is 0 Å². The van der Waals surface area contributed by atoms with Crippen LogP contribution in [0.25, 0.3) is 28.2 Å². The molecule has 0 atom stereocenters. The molecule has 2 aromatic carbocycles. The molecule has 8 nitrogen and oxygen atoms in total. The van der Waals surface area contributed by atoms with Crippen LogP contribution in [0.2, 0.25) is 5.02 Å². The summed E-state index contributed by atoms with van der Waals surface area (Å²) in [6.45, 7) is 0. The summed E-state index contributed by atoms with van der Waals surface area (Å²) >= 11 is 6.15. The molecule has 1 amide bonds. The number of amides is 1. The van der Waals surface area contributed by atoms with Crippen LogP contribution in [-0.4, -0.2) is 24.8 Å². The summed E-state index contributed by atoms with van der Waals surface area (Å²) < 4.78 is 10.2. The predicted molar refractivity (Wildman–Crippen MR) is 122 cm³/mol. The van der Waals surface area contributed by atoms with Crippen LogP contribution >= 0.6 is 11.6 Å². The highest BCUT2D eigenvalue weighted by atomic mass is 35.5. The van der Waals surface area contributed by atoms with Gasteiger partial charge < -0.3 is 9.73 Å². The minimum Gasteiger partial charge on any atom is -0.463 e. The van der Waals surface area contributed by atoms with Crippen LogP contribution in [0.15, 0.2) is 76.1 Å². The second kappa shape index (κ2) is 7.58. The fourth-order valence-corrected chi connectivity index (χ4v) is 3.86. The number of anilines is 1. The number of carbonyl (C=O) groups excluding carboxylic acids is 1. The average Bonchev–Trinajstić information content (AvgIpc) is 3.51. The number of fused-ring (bicyclic) bond motifs is 1. The molecule has 0 fully saturated rings. The molecular formula is C23H18ClN5O3. The average molecular weight is 448 g/mol. The van der Waals surface area contributed by atoms with Gasteiger partial charge >= 0.3 is 5.69 Å². The van der Waals surface area contributed by atoms with Crippen LogP contribution in [0.1, 0.15) is 10.5 Å². The molecular weight excluding hydrogens is 430 g/mol. The first-order chi connectivity index (χ1) is 15.4. The van der Waals surface area contributed by atoms with Crippen molar-refractivity contribution in [2.75, 3.05) is 5.32 Å². The molecule has 5 rings (SSSR count). The van der Waals surface area contributed by atoms with E-state index >= 15 is 0 Å². The van der Waals surface area contributed by atoms with Crippen molar-refractivity contribution in [3.8, 4) is 17.1 Å². The molecule has 0 spiro atoms. The number of nitrogens with zero attached hydrogens (tertiary/aromatic N) is 4. The van der Waals surface area contributed by atoms with Crippen molar-refractivity contribution in [3.05, 3.63) is 88.1 Å². The number of hydrogen-bond donors (Lipinski definition) is 1. The van der Waals surface area contributed by atoms with Crippen molar-refractivity contribution >= 4 is 34.2 Å². The Hall–Kier alpha value is -4.04. The minimum atomic E-state index is -0.390. The summed E-state index contributed by atoms with van der Waals surface area (Å²) in [7, 11) is 3.40. The quantitative estimate of drug-likeness (QED) is 0.446. The lowest BCUT2D eigenvalue weighted by Gasteiger charge is -2.06. The highest BCUT2D eigenvalue weighted by molar-refractivity contribution is 6.30. The van der Waals surface area contributed by atoms with Gasteiger partial charge in [0.25, 0.3) is 5.91 Å². The van der Waals surface area contributed by atoms with Crippen LogP contribution in [0.3, 0.4) is 0 Å². The summed E-state index contributed by atoms with van der Waals surface area (Å²) in [5.74, 6) is 0.177. The number of carbonyl (C=O) groups is 1. The summed E-state index contributed by atoms with van der Waals surface area (Å²) in [6, 6.07) is 17.7. The molecule has 0 aliphatic rings. The Kier molecular flexibility index (Phi) is 4.71. The smallest absolute Gasteiger partial charge is 0.328 e. The first-order valence-electron chi connectivity index (χ1n) is 9.79. The Morgan fingerprint density at radius 2 is 1.81 bits per heavy atom. The van der Waals surface area contributed by atoms with Crippen molar-refractivity contribution in [1.82, 2.24) is 18.9 Å². The Morgan fingerprint density at radius 1 is 1.00 bits per heavy atom. The number of rotatable bonds is 4. The van der Waals surface area contributed by atoms with E-state index in [2.05, 4.69) is 10.4 Å². The summed E-state index contributed by atoms with van der Waals surface area (Å²) in [4.78, 5) is 25.2. The molecule has 3 heterocycles. The molecule has 160 valence electrons. The fourth-order valence-electron chi connectivity index (χ4n) is 3.68. The van der Waals surface area contributed by atoms with Gasteiger partial charge in [0.2, 0.25) is 0 Å². The number of halogens is 1. The van der Waals surface area contributed by atoms with Gasteiger partial charge in [-0.3, -0.25) is 13.9 Å². The third-order valence-electron chi connectivity index (χ3n) is 5.30. The van der Waals surface area contributed by atoms with Crippen molar-refractivity contribution in [2.24, 2.45) is 14.1 Å². The van der Waals surface area contributed by atoms with Gasteiger partial charge in [0, 0.05) is 30.9 Å². The number of benzene rings is 2. The Morgan fingerprint density at radius 3 is 2.56 bits per heavy atom. The van der Waals surface area contributed by atoms with Gasteiger partial charge in [0.1, 0.15) is 5.69 Å². The highest BCUT2D eigenvalue weighted by Crippen LogP contribution is 2.26. The summed E-state index contributed by atoms with van der Waals surface area (Å²) in [5.41, 5.74) is 3.44. The molecule has 0 radical (unpaired) electrons. The maximum Gasteiger partial charge on any atom is 0.328 e. The van der Waals surface area contributed by atoms with Crippen LogP contribution in [0, 0.1) is 0 Å². The normalized spacial score (nSPS) is 11.2. The molecule has 0 aliphatic heterocycles. The van der Waals surface area contributed by atoms with E-state index in [1.165, 1.54) is 4.57 Å². The van der Waals surface area contributed by atoms with E-state index < -0.39 is 0 Å². The number of aryl methyl sites for hydroxylation is 2. The molecule has 32 heavy (non-hydrogen) atoms. The third kappa shape index (κ3) is 3.30. The summed E-state index contributed by atoms with van der Waals surface area (Å²) in [6.07, 6.45) is 1.56. The van der Waals surface area contributed by atoms with Crippen LogP contribution in [-0.2, 0) is 14.1 Å². The lowest BCUT2D eigenvalue weighted by molar-refractivity contribution is 0.102. The van der Waals surface area contributed by atoms with Crippen molar-refractivity contribution in [1.29, 1.82) is 0 Å². The number of furan rings is 1. The molecule has 0 aliphatic carbocycles. The van der Waals surface area contributed by atoms with E-state index in [4.69, 9.17) is 16.0 Å². The van der Waals surface area contributed by atoms with E-state index in [1.54, 1.807) is 78.1 Å². The minimum absolute atomic E-state index is 0.133. The molecule has 9 heteroatoms. The first kappa shape index (κ1) is 19.9. The monoisotopic (exact) mass is 447 g/mol. The standard InChI is InChI=1S/C23H18ClN5O3/c1-27-18-9-8-15(12-19(18)28(2)23(27)31)25-22(30)17-13-20(21-7-4-10-32-21)29(26-17)16-6-3-5-14(24)11-16/h3-13H,1-2H3,(H,25,30). The summed E-state index contributed by atoms with van der Waals surface area (Å²) in [5, 5.41) is 7.91. The van der Waals surface area contributed by atoms with E-state index in [-0.39, 0.29) is 17.3 Å². The lowest BCUT2D eigenvalue weighted by Crippen LogP contribution is -2.19. The van der Waals surface area contributed by atoms with Crippen molar-refractivity contribution in [2.45, 2.75) is 0 Å². The Bertz CT molecular complexity index is 1530. The van der Waals surface area contributed by atoms with Crippen molar-refractivity contribution < 1.29 is 9.21 Å². The maximum absolute atomic E-state index is 13.0. The lowest BCUT2D eigenvalue weighted by atomic mass is 10.2. The Balaban J connectivity index is 1.53. The maximum atomic E-state index is 13.0. The molecule has 0 unspecified atom stereocenters. The van der Waals surface area contributed by atoms with E-state index in [0.717, 1.165) is 11.0 Å². The molecule has 3 aromatic heterocycles. The fraction of sp³-hybridized carbons (Fsp3) is 0.0870. The SMILES string of the molecule is Cn1c(=O)n(C)c2cc(NC(=O)c3cc(-c4ccco4)n(-c4cccc(Cl)c4)n3)ccc21. The zero-order chi connectivity index (χ0) is 22.4. The second-order valence-corrected chi connectivity index (χ2v) is 7.78. The highest BCUT2D eigenvalue weighted by Gasteiger charge is 2.19. The number of imidazole rings is 1. The predicted octanol–water partition coefficient (Wildman–Crippen LogP) is 4.23. The van der Waals surface area contributed by atoms with Crippen LogP contribution in [0.4, 0.5) is 5.69 Å². The molecule has 1 N–H and O–H groups in total. The van der Waals surface area contributed by atoms with Gasteiger partial charge in [-0.15, -0.1) is 0 Å². The number of hydrogen-bond acceptors (Lipinski definition) is 4. The van der Waals surface area contributed by atoms with Gasteiger partial charge in [0.15, 0.2) is 11.5 Å². The first-order valence-corrected chi connectivity index (χ1v) is 10.2. The van der Waals surface area contributed by atoms with Gasteiger partial charge in [-0.05, 0) is 48.5 Å². The molecule has 0 saturated carbocycles. The largest absolute Gasteiger partial charge is 0.463 e. The van der Waals surface area contributed by atoms with E-state index in [1.807, 2.05) is 12.1 Å². The van der Waals surface area contributed by atoms with Crippen LogP contribution < -0.4 is 11.0 Å². The van der Waals surface area contributed by atoms with Gasteiger partial charge in [-0.2, -0.15) is 5.10 Å². The van der Waals surface area contributed by atoms with Gasteiger partial charge in [0.05, 0.1) is 23.0 Å². The van der Waals surface area contributed by atoms with E-state index in [0.29, 0.717) is 27.9 Å². The van der Waals surface area contributed by atoms with Crippen molar-refractivity contribution in [3.63, 3.8) is 0 Å². The third-order valence-corrected chi connectivity index (χ3v) is 5.53. The Labute approximate surface area is 187 Å². The molecule has 0 bridgehead atoms. The van der Waals surface area contributed by atoms with E-state index in [9.17, 15) is 9.59 Å². The number of nitrogens with one attached hydrogen (secondary N) is 1. The number of aromatic nitrogens is 4. The molecule has 0 saturated heterocycles. The topological polar surface area (TPSA) is 87.0 Å².